The number of para-hydroxylation sites is 1. The lowest BCUT2D eigenvalue weighted by Crippen LogP contribution is -2.32. The van der Waals surface area contributed by atoms with Crippen molar-refractivity contribution in [3.8, 4) is 5.75 Å². The summed E-state index contributed by atoms with van der Waals surface area (Å²) in [4.78, 5) is 19.2. The number of amides is 1. The first kappa shape index (κ1) is 19.2. The zero-order valence-electron chi connectivity index (χ0n) is 16.3. The van der Waals surface area contributed by atoms with Crippen LogP contribution in [0.5, 0.6) is 5.75 Å². The molecule has 6 heteroatoms. The average molecular weight is 394 g/mol. The van der Waals surface area contributed by atoms with E-state index in [0.717, 1.165) is 24.0 Å². The van der Waals surface area contributed by atoms with E-state index >= 15 is 0 Å². The van der Waals surface area contributed by atoms with E-state index in [-0.39, 0.29) is 24.2 Å². The third-order valence-electron chi connectivity index (χ3n) is 5.26. The molecule has 1 saturated heterocycles. The van der Waals surface area contributed by atoms with Crippen LogP contribution in [-0.2, 0) is 17.6 Å². The molecule has 0 spiro atoms. The second kappa shape index (κ2) is 8.47. The highest BCUT2D eigenvalue weighted by atomic mass is 19.1. The number of likely N-dealkylation sites (tertiary alicyclic amines) is 1. The Hall–Kier alpha value is -3.15. The largest absolute Gasteiger partial charge is 0.496 e. The van der Waals surface area contributed by atoms with Crippen molar-refractivity contribution in [2.75, 3.05) is 13.7 Å². The molecule has 0 radical (unpaired) electrons. The fraction of sp³-hybridized carbons (Fsp3) is 0.304. The highest BCUT2D eigenvalue weighted by molar-refractivity contribution is 5.80. The van der Waals surface area contributed by atoms with Gasteiger partial charge in [0.15, 0.2) is 0 Å². The van der Waals surface area contributed by atoms with Crippen molar-refractivity contribution in [3.63, 3.8) is 0 Å². The molecule has 1 unspecified atom stereocenters. The van der Waals surface area contributed by atoms with Gasteiger partial charge in [-0.3, -0.25) is 4.79 Å². The third-order valence-corrected chi connectivity index (χ3v) is 5.26. The van der Waals surface area contributed by atoms with Gasteiger partial charge < -0.3 is 14.1 Å². The molecule has 3 aromatic rings. The van der Waals surface area contributed by atoms with E-state index in [1.165, 1.54) is 12.1 Å². The predicted molar refractivity (Wildman–Crippen MR) is 106 cm³/mol. The van der Waals surface area contributed by atoms with E-state index in [1.807, 2.05) is 29.2 Å². The molecule has 0 saturated carbocycles. The number of benzene rings is 2. The molecule has 5 nitrogen and oxygen atoms in total. The second-order valence-electron chi connectivity index (χ2n) is 7.20. The number of hydrogen-bond donors (Lipinski definition) is 0. The van der Waals surface area contributed by atoms with Crippen molar-refractivity contribution in [2.24, 2.45) is 0 Å². The lowest BCUT2D eigenvalue weighted by Gasteiger charge is -2.22. The van der Waals surface area contributed by atoms with E-state index in [9.17, 15) is 9.18 Å². The van der Waals surface area contributed by atoms with Gasteiger partial charge in [0.2, 0.25) is 11.8 Å². The number of carbonyl (C=O) groups is 1. The quantitative estimate of drug-likeness (QED) is 0.625. The van der Waals surface area contributed by atoms with Crippen LogP contribution in [0.3, 0.4) is 0 Å². The number of nitrogens with zero attached hydrogens (tertiary/aromatic N) is 2. The summed E-state index contributed by atoms with van der Waals surface area (Å²) in [5.74, 6) is 1.76. The first-order valence-electron chi connectivity index (χ1n) is 9.74. The SMILES string of the molecule is COc1ccccc1CC(=O)N1CCCC1c1ncc(Cc2ccc(F)cc2)o1. The summed E-state index contributed by atoms with van der Waals surface area (Å²) in [6.07, 6.45) is 4.25. The average Bonchev–Trinajstić information content (AvgIpc) is 3.39. The van der Waals surface area contributed by atoms with Crippen LogP contribution >= 0.6 is 0 Å². The zero-order chi connectivity index (χ0) is 20.2. The van der Waals surface area contributed by atoms with Crippen LogP contribution < -0.4 is 4.74 Å². The monoisotopic (exact) mass is 394 g/mol. The second-order valence-corrected chi connectivity index (χ2v) is 7.20. The fourth-order valence-electron chi connectivity index (χ4n) is 3.80. The molecule has 0 N–H and O–H groups in total. The highest BCUT2D eigenvalue weighted by Crippen LogP contribution is 2.33. The topological polar surface area (TPSA) is 55.6 Å². The van der Waals surface area contributed by atoms with Crippen molar-refractivity contribution >= 4 is 5.91 Å². The number of rotatable bonds is 6. The Labute approximate surface area is 169 Å². The van der Waals surface area contributed by atoms with Gasteiger partial charge in [0.25, 0.3) is 0 Å². The van der Waals surface area contributed by atoms with Crippen molar-refractivity contribution in [1.29, 1.82) is 0 Å². The Balaban J connectivity index is 1.46. The zero-order valence-corrected chi connectivity index (χ0v) is 16.3. The van der Waals surface area contributed by atoms with Crippen molar-refractivity contribution in [1.82, 2.24) is 9.88 Å². The van der Waals surface area contributed by atoms with E-state index in [0.29, 0.717) is 30.4 Å². The molecule has 2 heterocycles. The molecule has 1 aromatic heterocycles. The molecule has 1 amide bonds. The summed E-state index contributed by atoms with van der Waals surface area (Å²) in [6.45, 7) is 0.689. The van der Waals surface area contributed by atoms with Gasteiger partial charge in [-0.2, -0.15) is 0 Å². The number of methoxy groups -OCH3 is 1. The smallest absolute Gasteiger partial charge is 0.227 e. The maximum absolute atomic E-state index is 13.1. The summed E-state index contributed by atoms with van der Waals surface area (Å²) in [7, 11) is 1.61. The number of oxazole rings is 1. The van der Waals surface area contributed by atoms with E-state index in [1.54, 1.807) is 25.4 Å². The molecular formula is C23H23FN2O3. The molecule has 150 valence electrons. The van der Waals surface area contributed by atoms with Gasteiger partial charge in [0.05, 0.1) is 19.7 Å². The Morgan fingerprint density at radius 3 is 2.83 bits per heavy atom. The predicted octanol–water partition coefficient (Wildman–Crippen LogP) is 4.32. The van der Waals surface area contributed by atoms with Gasteiger partial charge in [0.1, 0.15) is 23.4 Å². The number of ether oxygens (including phenoxy) is 1. The molecule has 0 aliphatic carbocycles. The Bertz CT molecular complexity index is 984. The van der Waals surface area contributed by atoms with Crippen molar-refractivity contribution < 1.29 is 18.3 Å². The minimum Gasteiger partial charge on any atom is -0.496 e. The van der Waals surface area contributed by atoms with Crippen LogP contribution in [-0.4, -0.2) is 29.4 Å². The number of hydrogen-bond acceptors (Lipinski definition) is 4. The van der Waals surface area contributed by atoms with Crippen LogP contribution in [0.2, 0.25) is 0 Å². The van der Waals surface area contributed by atoms with Gasteiger partial charge in [-0.1, -0.05) is 30.3 Å². The minimum absolute atomic E-state index is 0.0373. The van der Waals surface area contributed by atoms with E-state index in [4.69, 9.17) is 9.15 Å². The maximum atomic E-state index is 13.1. The normalized spacial score (nSPS) is 16.2. The van der Waals surface area contributed by atoms with Crippen LogP contribution in [0.1, 0.15) is 41.7 Å². The Kier molecular flexibility index (Phi) is 5.60. The molecule has 29 heavy (non-hydrogen) atoms. The molecule has 2 aromatic carbocycles. The molecule has 1 atom stereocenters. The molecular weight excluding hydrogens is 371 g/mol. The van der Waals surface area contributed by atoms with Crippen molar-refractivity contribution in [2.45, 2.75) is 31.7 Å². The molecule has 1 fully saturated rings. The Morgan fingerprint density at radius 2 is 2.03 bits per heavy atom. The van der Waals surface area contributed by atoms with Crippen LogP contribution in [0, 0.1) is 5.82 Å². The van der Waals surface area contributed by atoms with Crippen LogP contribution in [0.15, 0.2) is 59.1 Å². The summed E-state index contributed by atoms with van der Waals surface area (Å²) in [5, 5.41) is 0. The van der Waals surface area contributed by atoms with Gasteiger partial charge in [-0.25, -0.2) is 9.37 Å². The maximum Gasteiger partial charge on any atom is 0.227 e. The molecule has 1 aliphatic heterocycles. The van der Waals surface area contributed by atoms with Gasteiger partial charge in [-0.05, 0) is 36.6 Å². The van der Waals surface area contributed by atoms with Crippen molar-refractivity contribution in [3.05, 3.63) is 83.3 Å². The van der Waals surface area contributed by atoms with Gasteiger partial charge >= 0.3 is 0 Å². The van der Waals surface area contributed by atoms with E-state index < -0.39 is 0 Å². The lowest BCUT2D eigenvalue weighted by molar-refractivity contribution is -0.131. The van der Waals surface area contributed by atoms with Gasteiger partial charge in [-0.15, -0.1) is 0 Å². The van der Waals surface area contributed by atoms with E-state index in [2.05, 4.69) is 4.98 Å². The number of halogens is 1. The minimum atomic E-state index is -0.262. The van der Waals surface area contributed by atoms with Gasteiger partial charge in [0, 0.05) is 18.5 Å². The summed E-state index contributed by atoms with van der Waals surface area (Å²) in [5.41, 5.74) is 1.82. The summed E-state index contributed by atoms with van der Waals surface area (Å²) in [6, 6.07) is 13.7. The summed E-state index contributed by atoms with van der Waals surface area (Å²) >= 11 is 0. The molecule has 1 aliphatic rings. The fourth-order valence-corrected chi connectivity index (χ4v) is 3.80. The first-order valence-corrected chi connectivity index (χ1v) is 9.74. The Morgan fingerprint density at radius 1 is 1.24 bits per heavy atom. The summed E-state index contributed by atoms with van der Waals surface area (Å²) < 4.78 is 24.4. The number of aromatic nitrogens is 1. The highest BCUT2D eigenvalue weighted by Gasteiger charge is 2.33. The molecule has 0 bridgehead atoms. The van der Waals surface area contributed by atoms with Crippen LogP contribution in [0.25, 0.3) is 0 Å². The number of carbonyl (C=O) groups excluding carboxylic acids is 1. The first-order chi connectivity index (χ1) is 14.1. The molecule has 4 rings (SSSR count). The lowest BCUT2D eigenvalue weighted by atomic mass is 10.1. The standard InChI is InChI=1S/C23H23FN2O3/c1-28-21-7-3-2-5-17(21)14-22(27)26-12-4-6-20(26)23-25-15-19(29-23)13-16-8-10-18(24)11-9-16/h2-3,5,7-11,15,20H,4,6,12-14H2,1H3. The third kappa shape index (κ3) is 4.31. The van der Waals surface area contributed by atoms with Crippen LogP contribution in [0.4, 0.5) is 4.39 Å².